The van der Waals surface area contributed by atoms with E-state index in [9.17, 15) is 14.7 Å². The summed E-state index contributed by atoms with van der Waals surface area (Å²) in [4.78, 5) is 27.3. The van der Waals surface area contributed by atoms with Crippen LogP contribution < -0.4 is 5.32 Å². The van der Waals surface area contributed by atoms with Crippen molar-refractivity contribution in [2.75, 3.05) is 0 Å². The van der Waals surface area contributed by atoms with Crippen LogP contribution in [0, 0.1) is 0 Å². The van der Waals surface area contributed by atoms with E-state index in [1.54, 1.807) is 36.5 Å². The highest BCUT2D eigenvalue weighted by molar-refractivity contribution is 6.07. The number of hydrogen-bond donors (Lipinski definition) is 3. The van der Waals surface area contributed by atoms with Gasteiger partial charge in [0.25, 0.3) is 5.91 Å². The van der Waals surface area contributed by atoms with Gasteiger partial charge in [0, 0.05) is 17.1 Å². The topological polar surface area (TPSA) is 99.5 Å². The number of aromatic nitrogens is 1. The van der Waals surface area contributed by atoms with Gasteiger partial charge in [0.15, 0.2) is 6.04 Å². The standard InChI is InChI=1S/C14H14N2O4/c1-8(17)12(14(19)20)16-13(18)10-4-2-6-11-9(10)5-3-7-15-11/h2-8,12,17H,1H3,(H,16,18)(H,19,20)/t8-,12+/m1/s1. The number of aliphatic hydroxyl groups excluding tert-OH is 1. The average Bonchev–Trinajstić information content (AvgIpc) is 2.43. The summed E-state index contributed by atoms with van der Waals surface area (Å²) in [5.74, 6) is -1.84. The molecule has 0 saturated heterocycles. The lowest BCUT2D eigenvalue weighted by molar-refractivity contribution is -0.141. The largest absolute Gasteiger partial charge is 0.480 e. The van der Waals surface area contributed by atoms with E-state index in [2.05, 4.69) is 10.3 Å². The minimum absolute atomic E-state index is 0.322. The first-order chi connectivity index (χ1) is 9.50. The van der Waals surface area contributed by atoms with Gasteiger partial charge in [-0.1, -0.05) is 12.1 Å². The van der Waals surface area contributed by atoms with Crippen molar-refractivity contribution in [1.82, 2.24) is 10.3 Å². The van der Waals surface area contributed by atoms with Crippen LogP contribution in [0.4, 0.5) is 0 Å². The van der Waals surface area contributed by atoms with Crippen molar-refractivity contribution in [3.05, 3.63) is 42.1 Å². The number of nitrogens with zero attached hydrogens (tertiary/aromatic N) is 1. The molecule has 0 aliphatic carbocycles. The lowest BCUT2D eigenvalue weighted by Gasteiger charge is -2.17. The number of nitrogens with one attached hydrogen (secondary N) is 1. The van der Waals surface area contributed by atoms with Crippen molar-refractivity contribution in [2.24, 2.45) is 0 Å². The number of amides is 1. The molecular formula is C14H14N2O4. The zero-order valence-corrected chi connectivity index (χ0v) is 10.8. The first-order valence-corrected chi connectivity index (χ1v) is 6.06. The number of aliphatic hydroxyl groups is 1. The second-order valence-corrected chi connectivity index (χ2v) is 4.41. The van der Waals surface area contributed by atoms with Crippen LogP contribution in [0.3, 0.4) is 0 Å². The predicted molar refractivity (Wildman–Crippen MR) is 72.3 cm³/mol. The fraction of sp³-hybridized carbons (Fsp3) is 0.214. The van der Waals surface area contributed by atoms with E-state index < -0.39 is 24.0 Å². The van der Waals surface area contributed by atoms with Gasteiger partial charge in [-0.2, -0.15) is 0 Å². The Bertz CT molecular complexity index is 649. The molecule has 3 N–H and O–H groups in total. The Balaban J connectivity index is 2.34. The molecule has 6 nitrogen and oxygen atoms in total. The minimum atomic E-state index is -1.35. The maximum atomic E-state index is 12.2. The lowest BCUT2D eigenvalue weighted by atomic mass is 10.1. The third-order valence-electron chi connectivity index (χ3n) is 2.93. The molecule has 2 atom stereocenters. The number of pyridine rings is 1. The quantitative estimate of drug-likeness (QED) is 0.765. The second kappa shape index (κ2) is 5.66. The SMILES string of the molecule is C[C@@H](O)[C@H](NC(=O)c1cccc2ncccc12)C(=O)O. The van der Waals surface area contributed by atoms with Crippen molar-refractivity contribution in [1.29, 1.82) is 0 Å². The zero-order valence-electron chi connectivity index (χ0n) is 10.8. The number of carboxylic acid groups (broad SMARTS) is 1. The molecule has 0 saturated carbocycles. The Morgan fingerprint density at radius 2 is 2.00 bits per heavy atom. The molecule has 0 aliphatic rings. The van der Waals surface area contributed by atoms with Gasteiger partial charge < -0.3 is 15.5 Å². The van der Waals surface area contributed by atoms with E-state index in [-0.39, 0.29) is 0 Å². The van der Waals surface area contributed by atoms with Crippen LogP contribution in [0.25, 0.3) is 10.9 Å². The van der Waals surface area contributed by atoms with Crippen molar-refractivity contribution >= 4 is 22.8 Å². The molecule has 1 aromatic heterocycles. The molecule has 0 spiro atoms. The first-order valence-electron chi connectivity index (χ1n) is 6.06. The number of aliphatic carboxylic acids is 1. The van der Waals surface area contributed by atoms with E-state index in [1.165, 1.54) is 6.92 Å². The average molecular weight is 274 g/mol. The number of rotatable bonds is 4. The summed E-state index contributed by atoms with van der Waals surface area (Å²) in [6.45, 7) is 1.31. The van der Waals surface area contributed by atoms with E-state index in [1.807, 2.05) is 0 Å². The fourth-order valence-corrected chi connectivity index (χ4v) is 1.91. The Kier molecular flexibility index (Phi) is 3.95. The Labute approximate surface area is 115 Å². The molecule has 6 heteroatoms. The van der Waals surface area contributed by atoms with Gasteiger partial charge in [0.05, 0.1) is 11.6 Å². The molecule has 2 rings (SSSR count). The van der Waals surface area contributed by atoms with Gasteiger partial charge in [-0.15, -0.1) is 0 Å². The monoisotopic (exact) mass is 274 g/mol. The van der Waals surface area contributed by atoms with Crippen LogP contribution >= 0.6 is 0 Å². The summed E-state index contributed by atoms with van der Waals surface area (Å²) >= 11 is 0. The van der Waals surface area contributed by atoms with Crippen LogP contribution in [-0.2, 0) is 4.79 Å². The maximum absolute atomic E-state index is 12.2. The summed E-state index contributed by atoms with van der Waals surface area (Å²) in [5, 5.41) is 21.3. The molecule has 1 amide bonds. The molecule has 0 radical (unpaired) electrons. The molecular weight excluding hydrogens is 260 g/mol. The van der Waals surface area contributed by atoms with Crippen molar-refractivity contribution in [3.63, 3.8) is 0 Å². The minimum Gasteiger partial charge on any atom is -0.480 e. The van der Waals surface area contributed by atoms with E-state index in [0.29, 0.717) is 16.5 Å². The first kappa shape index (κ1) is 14.0. The molecule has 20 heavy (non-hydrogen) atoms. The van der Waals surface area contributed by atoms with Crippen molar-refractivity contribution in [2.45, 2.75) is 19.1 Å². The second-order valence-electron chi connectivity index (χ2n) is 4.41. The van der Waals surface area contributed by atoms with E-state index >= 15 is 0 Å². The van der Waals surface area contributed by atoms with Crippen LogP contribution in [0.2, 0.25) is 0 Å². The highest BCUT2D eigenvalue weighted by Crippen LogP contribution is 2.16. The number of carboxylic acids is 1. The molecule has 2 aromatic rings. The van der Waals surface area contributed by atoms with Gasteiger partial charge in [0.1, 0.15) is 0 Å². The molecule has 1 heterocycles. The number of carbonyl (C=O) groups is 2. The zero-order chi connectivity index (χ0) is 14.7. The molecule has 0 aliphatic heterocycles. The Morgan fingerprint density at radius 1 is 1.25 bits per heavy atom. The van der Waals surface area contributed by atoms with Gasteiger partial charge >= 0.3 is 5.97 Å². The summed E-state index contributed by atoms with van der Waals surface area (Å²) in [6.07, 6.45) is 0.421. The number of benzene rings is 1. The third-order valence-corrected chi connectivity index (χ3v) is 2.93. The Hall–Kier alpha value is -2.47. The number of fused-ring (bicyclic) bond motifs is 1. The van der Waals surface area contributed by atoms with Crippen molar-refractivity contribution < 1.29 is 19.8 Å². The summed E-state index contributed by atoms with van der Waals surface area (Å²) < 4.78 is 0. The van der Waals surface area contributed by atoms with E-state index in [0.717, 1.165) is 0 Å². The highest BCUT2D eigenvalue weighted by atomic mass is 16.4. The predicted octanol–water partition coefficient (Wildman–Crippen LogP) is 0.799. The smallest absolute Gasteiger partial charge is 0.328 e. The van der Waals surface area contributed by atoms with Gasteiger partial charge in [0.2, 0.25) is 0 Å². The maximum Gasteiger partial charge on any atom is 0.328 e. The van der Waals surface area contributed by atoms with Crippen molar-refractivity contribution in [3.8, 4) is 0 Å². The van der Waals surface area contributed by atoms with Gasteiger partial charge in [-0.05, 0) is 25.1 Å². The number of hydrogen-bond acceptors (Lipinski definition) is 4. The normalized spacial score (nSPS) is 13.7. The van der Waals surface area contributed by atoms with Crippen LogP contribution in [-0.4, -0.2) is 39.2 Å². The van der Waals surface area contributed by atoms with Crippen LogP contribution in [0.5, 0.6) is 0 Å². The molecule has 0 unspecified atom stereocenters. The molecule has 0 bridgehead atoms. The molecule has 1 aromatic carbocycles. The van der Waals surface area contributed by atoms with E-state index in [4.69, 9.17) is 5.11 Å². The third kappa shape index (κ3) is 2.75. The molecule has 104 valence electrons. The summed E-state index contributed by atoms with van der Waals surface area (Å²) in [6, 6.07) is 7.09. The summed E-state index contributed by atoms with van der Waals surface area (Å²) in [5.41, 5.74) is 0.964. The Morgan fingerprint density at radius 3 is 2.65 bits per heavy atom. The highest BCUT2D eigenvalue weighted by Gasteiger charge is 2.25. The van der Waals surface area contributed by atoms with Gasteiger partial charge in [-0.25, -0.2) is 4.79 Å². The fourth-order valence-electron chi connectivity index (χ4n) is 1.91. The van der Waals surface area contributed by atoms with Gasteiger partial charge in [-0.3, -0.25) is 9.78 Å². The number of carbonyl (C=O) groups excluding carboxylic acids is 1. The lowest BCUT2D eigenvalue weighted by Crippen LogP contribution is -2.47. The van der Waals surface area contributed by atoms with Crippen LogP contribution in [0.1, 0.15) is 17.3 Å². The summed E-state index contributed by atoms with van der Waals surface area (Å²) in [7, 11) is 0. The van der Waals surface area contributed by atoms with Crippen LogP contribution in [0.15, 0.2) is 36.5 Å². The molecule has 0 fully saturated rings.